The molecule has 0 aliphatic carbocycles. The molecular weight excluding hydrogens is 304 g/mol. The van der Waals surface area contributed by atoms with Gasteiger partial charge < -0.3 is 15.0 Å². The lowest BCUT2D eigenvalue weighted by Crippen LogP contribution is -2.29. The SMILES string of the molecule is CN(C)C(=O)COc1ccccc1C(=O)NCCc1ccccc1. The molecular formula is C19H22N2O3. The smallest absolute Gasteiger partial charge is 0.259 e. The Kier molecular flexibility index (Phi) is 6.37. The van der Waals surface area contributed by atoms with E-state index < -0.39 is 0 Å². The Bertz CT molecular complexity index is 684. The van der Waals surface area contributed by atoms with Crippen molar-refractivity contribution < 1.29 is 14.3 Å². The van der Waals surface area contributed by atoms with Crippen LogP contribution in [0.3, 0.4) is 0 Å². The van der Waals surface area contributed by atoms with Crippen LogP contribution in [0.5, 0.6) is 5.75 Å². The molecule has 0 heterocycles. The lowest BCUT2D eigenvalue weighted by molar-refractivity contribution is -0.130. The van der Waals surface area contributed by atoms with E-state index in [1.807, 2.05) is 30.3 Å². The fourth-order valence-corrected chi connectivity index (χ4v) is 2.11. The lowest BCUT2D eigenvalue weighted by Gasteiger charge is -2.14. The summed E-state index contributed by atoms with van der Waals surface area (Å²) in [4.78, 5) is 25.4. The van der Waals surface area contributed by atoms with E-state index >= 15 is 0 Å². The van der Waals surface area contributed by atoms with Crippen LogP contribution in [0, 0.1) is 0 Å². The normalized spacial score (nSPS) is 10.1. The minimum absolute atomic E-state index is 0.0959. The van der Waals surface area contributed by atoms with Gasteiger partial charge in [0.15, 0.2) is 6.61 Å². The Morgan fingerprint density at radius 3 is 2.38 bits per heavy atom. The van der Waals surface area contributed by atoms with E-state index in [4.69, 9.17) is 4.74 Å². The van der Waals surface area contributed by atoms with Crippen LogP contribution in [0.2, 0.25) is 0 Å². The summed E-state index contributed by atoms with van der Waals surface area (Å²) in [6.45, 7) is 0.440. The maximum absolute atomic E-state index is 12.3. The molecule has 2 rings (SSSR count). The first-order chi connectivity index (χ1) is 11.6. The maximum Gasteiger partial charge on any atom is 0.259 e. The first-order valence-corrected chi connectivity index (χ1v) is 7.82. The molecule has 126 valence electrons. The number of carbonyl (C=O) groups is 2. The molecule has 0 radical (unpaired) electrons. The third kappa shape index (κ3) is 5.12. The first kappa shape index (κ1) is 17.5. The quantitative estimate of drug-likeness (QED) is 0.848. The highest BCUT2D eigenvalue weighted by Crippen LogP contribution is 2.17. The van der Waals surface area contributed by atoms with E-state index in [2.05, 4.69) is 5.32 Å². The van der Waals surface area contributed by atoms with Gasteiger partial charge in [0.25, 0.3) is 11.8 Å². The molecule has 0 fully saturated rings. The highest BCUT2D eigenvalue weighted by atomic mass is 16.5. The molecule has 2 aromatic rings. The van der Waals surface area contributed by atoms with Crippen molar-refractivity contribution in [2.24, 2.45) is 0 Å². The monoisotopic (exact) mass is 326 g/mol. The fourth-order valence-electron chi connectivity index (χ4n) is 2.11. The van der Waals surface area contributed by atoms with E-state index in [0.29, 0.717) is 17.9 Å². The molecule has 0 spiro atoms. The molecule has 5 nitrogen and oxygen atoms in total. The third-order valence-electron chi connectivity index (χ3n) is 3.52. The van der Waals surface area contributed by atoms with Crippen LogP contribution in [0.4, 0.5) is 0 Å². The second kappa shape index (κ2) is 8.72. The van der Waals surface area contributed by atoms with Crippen molar-refractivity contribution >= 4 is 11.8 Å². The van der Waals surface area contributed by atoms with Crippen molar-refractivity contribution in [2.45, 2.75) is 6.42 Å². The second-order valence-corrected chi connectivity index (χ2v) is 5.56. The summed E-state index contributed by atoms with van der Waals surface area (Å²) in [5, 5.41) is 2.88. The Morgan fingerprint density at radius 1 is 1.00 bits per heavy atom. The number of likely N-dealkylation sites (N-methyl/N-ethyl adjacent to an activating group) is 1. The molecule has 0 aromatic heterocycles. The van der Waals surface area contributed by atoms with Crippen LogP contribution in [-0.2, 0) is 11.2 Å². The van der Waals surface area contributed by atoms with E-state index in [9.17, 15) is 9.59 Å². The van der Waals surface area contributed by atoms with Crippen molar-refractivity contribution in [3.05, 3.63) is 65.7 Å². The summed E-state index contributed by atoms with van der Waals surface area (Å²) in [5.74, 6) is 0.0398. The Balaban J connectivity index is 1.92. The Hall–Kier alpha value is -2.82. The molecule has 0 aliphatic heterocycles. The number of para-hydroxylation sites is 1. The average Bonchev–Trinajstić information content (AvgIpc) is 2.60. The molecule has 0 saturated carbocycles. The van der Waals surface area contributed by atoms with Gasteiger partial charge >= 0.3 is 0 Å². The number of nitrogens with zero attached hydrogens (tertiary/aromatic N) is 1. The number of nitrogens with one attached hydrogen (secondary N) is 1. The predicted molar refractivity (Wildman–Crippen MR) is 93.1 cm³/mol. The number of rotatable bonds is 7. The van der Waals surface area contributed by atoms with E-state index in [-0.39, 0.29) is 18.4 Å². The number of hydrogen-bond acceptors (Lipinski definition) is 3. The van der Waals surface area contributed by atoms with E-state index in [1.165, 1.54) is 10.5 Å². The van der Waals surface area contributed by atoms with Crippen LogP contribution in [0.15, 0.2) is 54.6 Å². The third-order valence-corrected chi connectivity index (χ3v) is 3.52. The summed E-state index contributed by atoms with van der Waals surface area (Å²) >= 11 is 0. The van der Waals surface area contributed by atoms with Gasteiger partial charge in [0.2, 0.25) is 0 Å². The second-order valence-electron chi connectivity index (χ2n) is 5.56. The minimum Gasteiger partial charge on any atom is -0.483 e. The van der Waals surface area contributed by atoms with Gasteiger partial charge in [-0.1, -0.05) is 42.5 Å². The molecule has 2 amide bonds. The zero-order valence-electron chi connectivity index (χ0n) is 14.0. The van der Waals surface area contributed by atoms with Crippen molar-refractivity contribution in [3.8, 4) is 5.75 Å². The molecule has 5 heteroatoms. The largest absolute Gasteiger partial charge is 0.483 e. The molecule has 0 bridgehead atoms. The maximum atomic E-state index is 12.3. The van der Waals surface area contributed by atoms with E-state index in [0.717, 1.165) is 6.42 Å². The molecule has 0 saturated heterocycles. The van der Waals surface area contributed by atoms with Crippen molar-refractivity contribution in [3.63, 3.8) is 0 Å². The van der Waals surface area contributed by atoms with Crippen LogP contribution >= 0.6 is 0 Å². The number of hydrogen-bond donors (Lipinski definition) is 1. The van der Waals surface area contributed by atoms with Gasteiger partial charge in [-0.05, 0) is 24.1 Å². The molecule has 24 heavy (non-hydrogen) atoms. The summed E-state index contributed by atoms with van der Waals surface area (Å²) in [6, 6.07) is 16.9. The summed E-state index contributed by atoms with van der Waals surface area (Å²) in [6.07, 6.45) is 0.759. The highest BCUT2D eigenvalue weighted by Gasteiger charge is 2.13. The zero-order valence-corrected chi connectivity index (χ0v) is 14.0. The average molecular weight is 326 g/mol. The van der Waals surface area contributed by atoms with Crippen LogP contribution in [0.25, 0.3) is 0 Å². The lowest BCUT2D eigenvalue weighted by atomic mass is 10.1. The molecule has 1 N–H and O–H groups in total. The van der Waals surface area contributed by atoms with Crippen LogP contribution < -0.4 is 10.1 Å². The van der Waals surface area contributed by atoms with Gasteiger partial charge in [-0.3, -0.25) is 9.59 Å². The molecule has 0 aliphatic rings. The van der Waals surface area contributed by atoms with Gasteiger partial charge in [-0.2, -0.15) is 0 Å². The van der Waals surface area contributed by atoms with E-state index in [1.54, 1.807) is 38.4 Å². The van der Waals surface area contributed by atoms with Crippen molar-refractivity contribution in [1.82, 2.24) is 10.2 Å². The minimum atomic E-state index is -0.209. The Morgan fingerprint density at radius 2 is 1.67 bits per heavy atom. The van der Waals surface area contributed by atoms with Gasteiger partial charge in [0, 0.05) is 20.6 Å². The number of amides is 2. The molecule has 0 unspecified atom stereocenters. The molecule has 0 atom stereocenters. The summed E-state index contributed by atoms with van der Waals surface area (Å²) in [5.41, 5.74) is 1.59. The zero-order chi connectivity index (χ0) is 17.4. The van der Waals surface area contributed by atoms with Crippen molar-refractivity contribution in [1.29, 1.82) is 0 Å². The van der Waals surface area contributed by atoms with Gasteiger partial charge in [0.1, 0.15) is 5.75 Å². The van der Waals surface area contributed by atoms with Gasteiger partial charge in [-0.15, -0.1) is 0 Å². The summed E-state index contributed by atoms with van der Waals surface area (Å²) < 4.78 is 5.49. The molecule has 2 aromatic carbocycles. The fraction of sp³-hybridized carbons (Fsp3) is 0.263. The van der Waals surface area contributed by atoms with Crippen molar-refractivity contribution in [2.75, 3.05) is 27.2 Å². The highest BCUT2D eigenvalue weighted by molar-refractivity contribution is 5.97. The summed E-state index contributed by atoms with van der Waals surface area (Å²) in [7, 11) is 3.32. The first-order valence-electron chi connectivity index (χ1n) is 7.82. The topological polar surface area (TPSA) is 58.6 Å². The van der Waals surface area contributed by atoms with Crippen LogP contribution in [-0.4, -0.2) is 44.0 Å². The Labute approximate surface area is 142 Å². The van der Waals surface area contributed by atoms with Gasteiger partial charge in [0.05, 0.1) is 5.56 Å². The standard InChI is InChI=1S/C19H22N2O3/c1-21(2)18(22)14-24-17-11-7-6-10-16(17)19(23)20-13-12-15-8-4-3-5-9-15/h3-11H,12-14H2,1-2H3,(H,20,23). The number of ether oxygens (including phenoxy) is 1. The van der Waals surface area contributed by atoms with Crippen LogP contribution in [0.1, 0.15) is 15.9 Å². The number of carbonyl (C=O) groups excluding carboxylic acids is 2. The number of benzene rings is 2. The predicted octanol–water partition coefficient (Wildman–Crippen LogP) is 2.13. The van der Waals surface area contributed by atoms with Gasteiger partial charge in [-0.25, -0.2) is 0 Å².